The lowest BCUT2D eigenvalue weighted by molar-refractivity contribution is 0.00956. The van der Waals surface area contributed by atoms with Gasteiger partial charge in [-0.2, -0.15) is 0 Å². The largest absolute Gasteiger partial charge is 0.451 e. The molecule has 0 aliphatic carbocycles. The number of hydrogen-bond acceptors (Lipinski definition) is 3. The Morgan fingerprint density at radius 3 is 1.10 bits per heavy atom. The van der Waals surface area contributed by atoms with Gasteiger partial charge in [0, 0.05) is 19.8 Å². The van der Waals surface area contributed by atoms with Gasteiger partial charge in [0.1, 0.15) is 5.60 Å². The highest BCUT2D eigenvalue weighted by Crippen LogP contribution is 2.37. The van der Waals surface area contributed by atoms with Crippen molar-refractivity contribution in [1.82, 2.24) is 0 Å². The predicted octanol–water partition coefficient (Wildman–Crippen LogP) is 10.2. The molecular formula is C38H40O3. The summed E-state index contributed by atoms with van der Waals surface area (Å²) in [5.74, 6) is -0.217. The van der Waals surface area contributed by atoms with Crippen LogP contribution in [0.5, 0.6) is 0 Å². The highest BCUT2D eigenvalue weighted by Gasteiger charge is 2.37. The molecule has 0 bridgehead atoms. The van der Waals surface area contributed by atoms with Crippen molar-refractivity contribution >= 4 is 38.3 Å². The zero-order valence-electron chi connectivity index (χ0n) is 24.9. The van der Waals surface area contributed by atoms with E-state index >= 15 is 0 Å². The smallest absolute Gasteiger partial charge is 0.339 e. The monoisotopic (exact) mass is 544 g/mol. The van der Waals surface area contributed by atoms with Gasteiger partial charge < -0.3 is 9.47 Å². The van der Waals surface area contributed by atoms with E-state index in [4.69, 9.17) is 4.74 Å². The highest BCUT2D eigenvalue weighted by molar-refractivity contribution is 6.00. The molecule has 1 aliphatic heterocycles. The summed E-state index contributed by atoms with van der Waals surface area (Å²) in [6, 6.07) is 45.4. The summed E-state index contributed by atoms with van der Waals surface area (Å²) >= 11 is 0. The molecule has 0 aromatic heterocycles. The van der Waals surface area contributed by atoms with Gasteiger partial charge in [0.25, 0.3) is 0 Å². The van der Waals surface area contributed by atoms with Crippen molar-refractivity contribution in [1.29, 1.82) is 0 Å². The number of carbonyl (C=O) groups excluding carboxylic acids is 1. The molecular weight excluding hydrogens is 504 g/mol. The number of fused-ring (bicyclic) bond motifs is 4. The summed E-state index contributed by atoms with van der Waals surface area (Å²) < 4.78 is 9.60. The Labute approximate surface area is 244 Å². The second-order valence-electron chi connectivity index (χ2n) is 9.75. The van der Waals surface area contributed by atoms with Crippen LogP contribution in [0.4, 0.5) is 0 Å². The van der Waals surface area contributed by atoms with Gasteiger partial charge in [-0.3, -0.25) is 0 Å². The standard InChI is InChI=1S/C14H12O2.2C10H8.C2H6O.C2H6/c1-14(2)12-8-10-6-4-3-5-9(10)7-11(12)13(15)16-14;2*1-2-6-10-8-4-3-7-9(10)5-1;1-3-2;1-2/h3-8H,1-2H3;2*1-8H;1-2H3;1-2H3. The number of carbonyl (C=O) groups is 1. The van der Waals surface area contributed by atoms with Gasteiger partial charge in [0.2, 0.25) is 0 Å². The average Bonchev–Trinajstić information content (AvgIpc) is 3.25. The quantitative estimate of drug-likeness (QED) is 0.178. The lowest BCUT2D eigenvalue weighted by Crippen LogP contribution is -2.15. The van der Waals surface area contributed by atoms with E-state index in [1.54, 1.807) is 14.2 Å². The van der Waals surface area contributed by atoms with E-state index in [0.717, 1.165) is 16.3 Å². The summed E-state index contributed by atoms with van der Waals surface area (Å²) in [5.41, 5.74) is 1.18. The maximum atomic E-state index is 11.7. The molecule has 6 aromatic rings. The highest BCUT2D eigenvalue weighted by atomic mass is 16.6. The number of hydrogen-bond donors (Lipinski definition) is 0. The summed E-state index contributed by atoms with van der Waals surface area (Å²) in [4.78, 5) is 11.7. The molecule has 0 amide bonds. The molecule has 3 nitrogen and oxygen atoms in total. The normalized spacial score (nSPS) is 12.2. The Morgan fingerprint density at radius 2 is 0.780 bits per heavy atom. The van der Waals surface area contributed by atoms with Crippen molar-refractivity contribution in [2.45, 2.75) is 33.3 Å². The first-order valence-corrected chi connectivity index (χ1v) is 14.0. The minimum absolute atomic E-state index is 0.217. The van der Waals surface area contributed by atoms with Gasteiger partial charge in [-0.05, 0) is 58.3 Å². The molecule has 0 N–H and O–H groups in total. The second kappa shape index (κ2) is 15.4. The molecule has 3 heteroatoms. The minimum Gasteiger partial charge on any atom is -0.451 e. The molecule has 1 aliphatic rings. The van der Waals surface area contributed by atoms with Crippen molar-refractivity contribution in [3.8, 4) is 0 Å². The van der Waals surface area contributed by atoms with E-state index < -0.39 is 5.60 Å². The first kappa shape index (κ1) is 31.1. The van der Waals surface area contributed by atoms with Gasteiger partial charge in [-0.1, -0.05) is 135 Å². The number of cyclic esters (lactones) is 1. The Balaban J connectivity index is 0.000000162. The number of benzene rings is 6. The van der Waals surface area contributed by atoms with Crippen LogP contribution in [-0.2, 0) is 15.1 Å². The van der Waals surface area contributed by atoms with Crippen LogP contribution in [0.25, 0.3) is 32.3 Å². The summed E-state index contributed by atoms with van der Waals surface area (Å²) in [5, 5.41) is 7.47. The molecule has 7 rings (SSSR count). The van der Waals surface area contributed by atoms with Gasteiger partial charge in [-0.15, -0.1) is 0 Å². The number of ether oxygens (including phenoxy) is 2. The molecule has 0 unspecified atom stereocenters. The van der Waals surface area contributed by atoms with E-state index in [1.165, 1.54) is 21.5 Å². The lowest BCUT2D eigenvalue weighted by Gasteiger charge is -2.17. The van der Waals surface area contributed by atoms with Crippen LogP contribution < -0.4 is 0 Å². The maximum Gasteiger partial charge on any atom is 0.339 e. The molecule has 0 saturated heterocycles. The zero-order valence-corrected chi connectivity index (χ0v) is 24.9. The Bertz CT molecular complexity index is 1480. The van der Waals surface area contributed by atoms with Crippen LogP contribution in [-0.4, -0.2) is 20.2 Å². The fourth-order valence-electron chi connectivity index (χ4n) is 4.51. The van der Waals surface area contributed by atoms with E-state index in [1.807, 2.05) is 52.0 Å². The Kier molecular flexibility index (Phi) is 11.6. The zero-order chi connectivity index (χ0) is 29.7. The van der Waals surface area contributed by atoms with E-state index in [-0.39, 0.29) is 5.97 Å². The molecule has 0 spiro atoms. The Morgan fingerprint density at radius 1 is 0.512 bits per heavy atom. The van der Waals surface area contributed by atoms with E-state index in [9.17, 15) is 4.79 Å². The number of methoxy groups -OCH3 is 1. The molecule has 41 heavy (non-hydrogen) atoms. The van der Waals surface area contributed by atoms with E-state index in [0.29, 0.717) is 5.56 Å². The van der Waals surface area contributed by atoms with Crippen LogP contribution in [0.15, 0.2) is 133 Å². The summed E-state index contributed by atoms with van der Waals surface area (Å²) in [6.45, 7) is 7.84. The molecule has 6 aromatic carbocycles. The molecule has 0 saturated carbocycles. The first-order chi connectivity index (χ1) is 19.9. The molecule has 0 radical (unpaired) electrons. The number of rotatable bonds is 0. The molecule has 0 atom stereocenters. The second-order valence-corrected chi connectivity index (χ2v) is 9.75. The van der Waals surface area contributed by atoms with Gasteiger partial charge >= 0.3 is 5.97 Å². The third kappa shape index (κ3) is 8.26. The van der Waals surface area contributed by atoms with Crippen molar-refractivity contribution in [2.75, 3.05) is 14.2 Å². The van der Waals surface area contributed by atoms with Crippen LogP contribution in [0.3, 0.4) is 0 Å². The average molecular weight is 545 g/mol. The van der Waals surface area contributed by atoms with Crippen molar-refractivity contribution in [3.63, 3.8) is 0 Å². The van der Waals surface area contributed by atoms with Crippen LogP contribution >= 0.6 is 0 Å². The molecule has 0 fully saturated rings. The van der Waals surface area contributed by atoms with Crippen LogP contribution in [0.2, 0.25) is 0 Å². The lowest BCUT2D eigenvalue weighted by atomic mass is 9.93. The van der Waals surface area contributed by atoms with Gasteiger partial charge in [-0.25, -0.2) is 4.79 Å². The molecule has 1 heterocycles. The Hall–Kier alpha value is -4.47. The predicted molar refractivity (Wildman–Crippen MR) is 175 cm³/mol. The fraction of sp³-hybridized carbons (Fsp3) is 0.184. The van der Waals surface area contributed by atoms with Gasteiger partial charge in [0.05, 0.1) is 5.56 Å². The minimum atomic E-state index is -0.504. The number of esters is 1. The van der Waals surface area contributed by atoms with Crippen molar-refractivity contribution < 1.29 is 14.3 Å². The van der Waals surface area contributed by atoms with Crippen molar-refractivity contribution in [3.05, 3.63) is 145 Å². The summed E-state index contributed by atoms with van der Waals surface area (Å²) in [6.07, 6.45) is 0. The fourth-order valence-corrected chi connectivity index (χ4v) is 4.51. The SMILES string of the molecule is CC.CC1(C)OC(=O)c2cc3ccccc3cc21.COC.c1ccc2ccccc2c1.c1ccc2ccccc2c1. The first-order valence-electron chi connectivity index (χ1n) is 14.0. The molecule has 210 valence electrons. The topological polar surface area (TPSA) is 35.5 Å². The van der Waals surface area contributed by atoms with E-state index in [2.05, 4.69) is 114 Å². The van der Waals surface area contributed by atoms with Crippen molar-refractivity contribution in [2.24, 2.45) is 0 Å². The summed E-state index contributed by atoms with van der Waals surface area (Å²) in [7, 11) is 3.25. The van der Waals surface area contributed by atoms with Gasteiger partial charge in [0.15, 0.2) is 0 Å². The third-order valence-corrected chi connectivity index (χ3v) is 6.42. The van der Waals surface area contributed by atoms with Crippen LogP contribution in [0, 0.1) is 0 Å². The maximum absolute atomic E-state index is 11.7. The third-order valence-electron chi connectivity index (χ3n) is 6.42. The van der Waals surface area contributed by atoms with Crippen LogP contribution in [0.1, 0.15) is 43.6 Å².